The quantitative estimate of drug-likeness (QED) is 0.768. The minimum atomic E-state index is 0.105. The highest BCUT2D eigenvalue weighted by atomic mass is 16.7. The van der Waals surface area contributed by atoms with Crippen molar-refractivity contribution >= 4 is 5.91 Å². The van der Waals surface area contributed by atoms with Gasteiger partial charge >= 0.3 is 0 Å². The summed E-state index contributed by atoms with van der Waals surface area (Å²) < 4.78 is 22.1. The van der Waals surface area contributed by atoms with Gasteiger partial charge in [-0.15, -0.1) is 0 Å². The molecule has 2 aromatic carbocycles. The summed E-state index contributed by atoms with van der Waals surface area (Å²) >= 11 is 0. The van der Waals surface area contributed by atoms with Crippen molar-refractivity contribution in [3.63, 3.8) is 0 Å². The summed E-state index contributed by atoms with van der Waals surface area (Å²) in [7, 11) is 1.65. The van der Waals surface area contributed by atoms with Crippen molar-refractivity contribution in [3.8, 4) is 23.0 Å². The van der Waals surface area contributed by atoms with Crippen LogP contribution in [0.4, 0.5) is 0 Å². The molecule has 1 aliphatic heterocycles. The van der Waals surface area contributed by atoms with Gasteiger partial charge in [0, 0.05) is 18.5 Å². The zero-order valence-corrected chi connectivity index (χ0v) is 16.7. The number of ether oxygens (including phenoxy) is 4. The van der Waals surface area contributed by atoms with Crippen LogP contribution in [0.25, 0.3) is 0 Å². The topological polar surface area (TPSA) is 66.0 Å². The third-order valence-corrected chi connectivity index (χ3v) is 5.46. The molecule has 6 nitrogen and oxygen atoms in total. The van der Waals surface area contributed by atoms with Crippen LogP contribution in [-0.2, 0) is 11.2 Å². The average Bonchev–Trinajstić information content (AvgIpc) is 3.22. The first kappa shape index (κ1) is 19.4. The number of aryl methyl sites for hydroxylation is 1. The number of rotatable bonds is 7. The van der Waals surface area contributed by atoms with E-state index in [2.05, 4.69) is 5.32 Å². The lowest BCUT2D eigenvalue weighted by Crippen LogP contribution is -2.39. The van der Waals surface area contributed by atoms with Crippen LogP contribution in [0.2, 0.25) is 0 Å². The van der Waals surface area contributed by atoms with Gasteiger partial charge in [0.15, 0.2) is 11.5 Å². The Labute approximate surface area is 171 Å². The Morgan fingerprint density at radius 2 is 1.86 bits per heavy atom. The van der Waals surface area contributed by atoms with Crippen molar-refractivity contribution in [2.45, 2.75) is 50.7 Å². The highest BCUT2D eigenvalue weighted by Gasteiger charge is 2.24. The molecule has 0 spiro atoms. The predicted octanol–water partition coefficient (Wildman–Crippen LogP) is 3.86. The first-order chi connectivity index (χ1) is 14.2. The van der Waals surface area contributed by atoms with Crippen molar-refractivity contribution in [1.82, 2.24) is 5.32 Å². The number of hydrogen-bond acceptors (Lipinski definition) is 5. The SMILES string of the molecule is COc1cccc(CCC(=O)NC2CCC(Oc3ccc4c(c3)OCO4)CC2)c1. The minimum absolute atomic E-state index is 0.105. The summed E-state index contributed by atoms with van der Waals surface area (Å²) in [6.07, 6.45) is 5.08. The first-order valence-electron chi connectivity index (χ1n) is 10.2. The van der Waals surface area contributed by atoms with E-state index >= 15 is 0 Å². The molecule has 29 heavy (non-hydrogen) atoms. The van der Waals surface area contributed by atoms with Gasteiger partial charge in [-0.2, -0.15) is 0 Å². The van der Waals surface area contributed by atoms with Gasteiger partial charge in [0.25, 0.3) is 0 Å². The van der Waals surface area contributed by atoms with E-state index in [1.807, 2.05) is 42.5 Å². The molecule has 1 fully saturated rings. The molecule has 2 aliphatic rings. The second-order valence-corrected chi connectivity index (χ2v) is 7.53. The Balaban J connectivity index is 1.19. The number of methoxy groups -OCH3 is 1. The Kier molecular flexibility index (Phi) is 6.08. The molecule has 1 heterocycles. The Bertz CT molecular complexity index is 845. The third-order valence-electron chi connectivity index (χ3n) is 5.46. The lowest BCUT2D eigenvalue weighted by molar-refractivity contribution is -0.122. The molecule has 0 radical (unpaired) electrons. The molecule has 154 valence electrons. The van der Waals surface area contributed by atoms with E-state index in [0.29, 0.717) is 12.8 Å². The molecule has 1 aliphatic carbocycles. The van der Waals surface area contributed by atoms with Gasteiger partial charge in [-0.25, -0.2) is 0 Å². The van der Waals surface area contributed by atoms with E-state index in [0.717, 1.165) is 54.2 Å². The van der Waals surface area contributed by atoms with Crippen molar-refractivity contribution in [2.75, 3.05) is 13.9 Å². The number of amides is 1. The van der Waals surface area contributed by atoms with E-state index in [9.17, 15) is 4.79 Å². The predicted molar refractivity (Wildman–Crippen MR) is 109 cm³/mol. The largest absolute Gasteiger partial charge is 0.497 e. The van der Waals surface area contributed by atoms with Gasteiger partial charge in [0.1, 0.15) is 11.5 Å². The summed E-state index contributed by atoms with van der Waals surface area (Å²) in [5.74, 6) is 3.23. The van der Waals surface area contributed by atoms with Crippen molar-refractivity contribution in [2.24, 2.45) is 0 Å². The van der Waals surface area contributed by atoms with E-state index in [4.69, 9.17) is 18.9 Å². The van der Waals surface area contributed by atoms with E-state index in [1.54, 1.807) is 7.11 Å². The van der Waals surface area contributed by atoms with Crippen molar-refractivity contribution in [3.05, 3.63) is 48.0 Å². The lowest BCUT2D eigenvalue weighted by atomic mass is 9.92. The standard InChI is InChI=1S/C23H27NO5/c1-26-19-4-2-3-16(13-19)5-12-23(25)24-17-6-8-18(9-7-17)29-20-10-11-21-22(14-20)28-15-27-21/h2-4,10-11,13-14,17-18H,5-9,12,15H2,1H3,(H,24,25). The zero-order valence-electron chi connectivity index (χ0n) is 16.7. The molecule has 4 rings (SSSR count). The van der Waals surface area contributed by atoms with Crippen LogP contribution >= 0.6 is 0 Å². The highest BCUT2D eigenvalue weighted by Crippen LogP contribution is 2.36. The fourth-order valence-corrected chi connectivity index (χ4v) is 3.85. The molecular formula is C23H27NO5. The summed E-state index contributed by atoms with van der Waals surface area (Å²) in [6.45, 7) is 0.265. The fraction of sp³-hybridized carbons (Fsp3) is 0.435. The summed E-state index contributed by atoms with van der Waals surface area (Å²) in [4.78, 5) is 12.3. The van der Waals surface area contributed by atoms with E-state index in [-0.39, 0.29) is 24.8 Å². The van der Waals surface area contributed by atoms with Gasteiger partial charge in [0.05, 0.1) is 13.2 Å². The lowest BCUT2D eigenvalue weighted by Gasteiger charge is -2.29. The normalized spacial score (nSPS) is 20.2. The minimum Gasteiger partial charge on any atom is -0.497 e. The van der Waals surface area contributed by atoms with Crippen LogP contribution < -0.4 is 24.3 Å². The molecule has 2 aromatic rings. The van der Waals surface area contributed by atoms with E-state index < -0.39 is 0 Å². The van der Waals surface area contributed by atoms with Crippen LogP contribution in [0.3, 0.4) is 0 Å². The van der Waals surface area contributed by atoms with Gasteiger partial charge in [-0.05, 0) is 61.9 Å². The van der Waals surface area contributed by atoms with Gasteiger partial charge in [-0.3, -0.25) is 4.79 Å². The van der Waals surface area contributed by atoms with Crippen LogP contribution in [-0.4, -0.2) is 32.0 Å². The van der Waals surface area contributed by atoms with Gasteiger partial charge in [0.2, 0.25) is 12.7 Å². The molecule has 0 unspecified atom stereocenters. The number of hydrogen-bond donors (Lipinski definition) is 1. The second-order valence-electron chi connectivity index (χ2n) is 7.53. The van der Waals surface area contributed by atoms with Gasteiger partial charge in [-0.1, -0.05) is 12.1 Å². The molecule has 0 aromatic heterocycles. The summed E-state index contributed by atoms with van der Waals surface area (Å²) in [5.41, 5.74) is 1.11. The van der Waals surface area contributed by atoms with Crippen LogP contribution in [0.5, 0.6) is 23.0 Å². The number of fused-ring (bicyclic) bond motifs is 1. The van der Waals surface area contributed by atoms with Crippen LogP contribution in [0.1, 0.15) is 37.7 Å². The highest BCUT2D eigenvalue weighted by molar-refractivity contribution is 5.76. The number of carbonyl (C=O) groups is 1. The molecule has 0 bridgehead atoms. The monoisotopic (exact) mass is 397 g/mol. The number of benzene rings is 2. The molecule has 0 saturated heterocycles. The zero-order chi connectivity index (χ0) is 20.1. The molecule has 0 atom stereocenters. The molecule has 1 N–H and O–H groups in total. The fourth-order valence-electron chi connectivity index (χ4n) is 3.85. The number of nitrogens with one attached hydrogen (secondary N) is 1. The van der Waals surface area contributed by atoms with Crippen molar-refractivity contribution in [1.29, 1.82) is 0 Å². The second kappa shape index (κ2) is 9.07. The Morgan fingerprint density at radius 3 is 2.69 bits per heavy atom. The molecule has 1 saturated carbocycles. The maximum atomic E-state index is 12.3. The van der Waals surface area contributed by atoms with Crippen molar-refractivity contribution < 1.29 is 23.7 Å². The van der Waals surface area contributed by atoms with Crippen LogP contribution in [0, 0.1) is 0 Å². The molecule has 6 heteroatoms. The first-order valence-corrected chi connectivity index (χ1v) is 10.2. The molecular weight excluding hydrogens is 370 g/mol. The average molecular weight is 397 g/mol. The summed E-state index contributed by atoms with van der Waals surface area (Å²) in [6, 6.07) is 13.8. The smallest absolute Gasteiger partial charge is 0.231 e. The molecule has 1 amide bonds. The summed E-state index contributed by atoms with van der Waals surface area (Å²) in [5, 5.41) is 3.17. The van der Waals surface area contributed by atoms with E-state index in [1.165, 1.54) is 0 Å². The van der Waals surface area contributed by atoms with Gasteiger partial charge < -0.3 is 24.3 Å². The Morgan fingerprint density at radius 1 is 1.03 bits per heavy atom. The third kappa shape index (κ3) is 5.13. The maximum Gasteiger partial charge on any atom is 0.231 e. The number of carbonyl (C=O) groups excluding carboxylic acids is 1. The Hall–Kier alpha value is -2.89. The maximum absolute atomic E-state index is 12.3. The van der Waals surface area contributed by atoms with Crippen LogP contribution in [0.15, 0.2) is 42.5 Å².